The van der Waals surface area contributed by atoms with E-state index in [9.17, 15) is 9.18 Å². The second-order valence-electron chi connectivity index (χ2n) is 4.01. The molecule has 1 amide bonds. The summed E-state index contributed by atoms with van der Waals surface area (Å²) < 4.78 is 12.7. The van der Waals surface area contributed by atoms with Gasteiger partial charge in [-0.2, -0.15) is 0 Å². The SMILES string of the molecule is O=C(CNc1c(Cl)cccc1Cl)Nc1ccc(F)cc1. The number of carbonyl (C=O) groups is 1. The number of hydrogen-bond acceptors (Lipinski definition) is 2. The molecule has 2 N–H and O–H groups in total. The van der Waals surface area contributed by atoms with Gasteiger partial charge in [0, 0.05) is 5.69 Å². The van der Waals surface area contributed by atoms with Gasteiger partial charge in [0.25, 0.3) is 0 Å². The lowest BCUT2D eigenvalue weighted by molar-refractivity contribution is -0.114. The van der Waals surface area contributed by atoms with Crippen LogP contribution in [0.2, 0.25) is 10.0 Å². The Labute approximate surface area is 125 Å². The first-order chi connectivity index (χ1) is 9.56. The van der Waals surface area contributed by atoms with Gasteiger partial charge in [-0.1, -0.05) is 29.3 Å². The average Bonchev–Trinajstić information content (AvgIpc) is 2.41. The number of halogens is 3. The van der Waals surface area contributed by atoms with Crippen molar-refractivity contribution in [2.45, 2.75) is 0 Å². The number of nitrogens with one attached hydrogen (secondary N) is 2. The van der Waals surface area contributed by atoms with Crippen molar-refractivity contribution in [3.8, 4) is 0 Å². The maximum absolute atomic E-state index is 12.7. The number of benzene rings is 2. The highest BCUT2D eigenvalue weighted by atomic mass is 35.5. The van der Waals surface area contributed by atoms with E-state index in [1.807, 2.05) is 0 Å². The fraction of sp³-hybridized carbons (Fsp3) is 0.0714. The molecule has 0 bridgehead atoms. The molecular weight excluding hydrogens is 302 g/mol. The summed E-state index contributed by atoms with van der Waals surface area (Å²) in [5, 5.41) is 6.36. The van der Waals surface area contributed by atoms with Crippen LogP contribution in [-0.4, -0.2) is 12.5 Å². The molecule has 0 saturated carbocycles. The second-order valence-corrected chi connectivity index (χ2v) is 4.82. The zero-order valence-corrected chi connectivity index (χ0v) is 11.8. The predicted molar refractivity (Wildman–Crippen MR) is 80.0 cm³/mol. The lowest BCUT2D eigenvalue weighted by Gasteiger charge is -2.10. The van der Waals surface area contributed by atoms with Crippen LogP contribution in [0.25, 0.3) is 0 Å². The Morgan fingerprint density at radius 2 is 1.65 bits per heavy atom. The molecule has 0 radical (unpaired) electrons. The third-order valence-electron chi connectivity index (χ3n) is 2.52. The van der Waals surface area contributed by atoms with Crippen LogP contribution in [0.1, 0.15) is 0 Å². The van der Waals surface area contributed by atoms with E-state index in [2.05, 4.69) is 10.6 Å². The number of para-hydroxylation sites is 1. The second kappa shape index (κ2) is 6.59. The molecule has 20 heavy (non-hydrogen) atoms. The highest BCUT2D eigenvalue weighted by molar-refractivity contribution is 6.39. The molecule has 0 aliphatic heterocycles. The number of hydrogen-bond donors (Lipinski definition) is 2. The molecule has 0 heterocycles. The van der Waals surface area contributed by atoms with E-state index in [4.69, 9.17) is 23.2 Å². The summed E-state index contributed by atoms with van der Waals surface area (Å²) in [6, 6.07) is 10.6. The Balaban J connectivity index is 1.94. The maximum atomic E-state index is 12.7. The first-order valence-electron chi connectivity index (χ1n) is 5.79. The predicted octanol–water partition coefficient (Wildman–Crippen LogP) is 4.18. The zero-order chi connectivity index (χ0) is 14.5. The smallest absolute Gasteiger partial charge is 0.243 e. The molecular formula is C14H11Cl2FN2O. The zero-order valence-electron chi connectivity index (χ0n) is 10.3. The first-order valence-corrected chi connectivity index (χ1v) is 6.55. The summed E-state index contributed by atoms with van der Waals surface area (Å²) >= 11 is 11.9. The summed E-state index contributed by atoms with van der Waals surface area (Å²) in [5.41, 5.74) is 1.02. The van der Waals surface area contributed by atoms with Crippen molar-refractivity contribution < 1.29 is 9.18 Å². The first kappa shape index (κ1) is 14.6. The number of carbonyl (C=O) groups excluding carboxylic acids is 1. The lowest BCUT2D eigenvalue weighted by atomic mass is 10.3. The Morgan fingerprint density at radius 3 is 2.25 bits per heavy atom. The Morgan fingerprint density at radius 1 is 1.05 bits per heavy atom. The Bertz CT molecular complexity index is 597. The maximum Gasteiger partial charge on any atom is 0.243 e. The molecule has 3 nitrogen and oxygen atoms in total. The standard InChI is InChI=1S/C14H11Cl2FN2O/c15-11-2-1-3-12(16)14(11)18-8-13(20)19-10-6-4-9(17)5-7-10/h1-7,18H,8H2,(H,19,20). The summed E-state index contributed by atoms with van der Waals surface area (Å²) in [6.45, 7) is 0.000823. The van der Waals surface area contributed by atoms with Gasteiger partial charge in [0.05, 0.1) is 22.3 Å². The van der Waals surface area contributed by atoms with Crippen molar-refractivity contribution in [2.24, 2.45) is 0 Å². The summed E-state index contributed by atoms with van der Waals surface area (Å²) in [7, 11) is 0. The molecule has 2 rings (SSSR count). The van der Waals surface area contributed by atoms with Gasteiger partial charge in [-0.15, -0.1) is 0 Å². The third kappa shape index (κ3) is 3.85. The van der Waals surface area contributed by atoms with Gasteiger partial charge in [-0.3, -0.25) is 4.79 Å². The summed E-state index contributed by atoms with van der Waals surface area (Å²) in [6.07, 6.45) is 0. The topological polar surface area (TPSA) is 41.1 Å². The van der Waals surface area contributed by atoms with Gasteiger partial charge in [-0.05, 0) is 36.4 Å². The van der Waals surface area contributed by atoms with Crippen LogP contribution >= 0.6 is 23.2 Å². The molecule has 2 aromatic carbocycles. The molecule has 0 unspecified atom stereocenters. The minimum Gasteiger partial charge on any atom is -0.374 e. The summed E-state index contributed by atoms with van der Waals surface area (Å²) in [5.74, 6) is -0.642. The van der Waals surface area contributed by atoms with Gasteiger partial charge >= 0.3 is 0 Å². The van der Waals surface area contributed by atoms with Gasteiger partial charge in [0.1, 0.15) is 5.82 Å². The van der Waals surface area contributed by atoms with Gasteiger partial charge in [0.15, 0.2) is 0 Å². The molecule has 0 aliphatic carbocycles. The van der Waals surface area contributed by atoms with E-state index in [0.29, 0.717) is 21.4 Å². The number of amides is 1. The minimum absolute atomic E-state index is 0.000823. The molecule has 6 heteroatoms. The van der Waals surface area contributed by atoms with E-state index in [-0.39, 0.29) is 18.3 Å². The van der Waals surface area contributed by atoms with E-state index in [1.165, 1.54) is 24.3 Å². The van der Waals surface area contributed by atoms with Crippen LogP contribution in [-0.2, 0) is 4.79 Å². The van der Waals surface area contributed by atoms with Crippen molar-refractivity contribution in [2.75, 3.05) is 17.2 Å². The van der Waals surface area contributed by atoms with Crippen molar-refractivity contribution in [3.05, 3.63) is 58.3 Å². The Kier molecular flexibility index (Phi) is 4.82. The van der Waals surface area contributed by atoms with Gasteiger partial charge < -0.3 is 10.6 Å². The van der Waals surface area contributed by atoms with Crippen molar-refractivity contribution in [3.63, 3.8) is 0 Å². The quantitative estimate of drug-likeness (QED) is 0.889. The molecule has 0 aromatic heterocycles. The van der Waals surface area contributed by atoms with Crippen LogP contribution < -0.4 is 10.6 Å². The Hall–Kier alpha value is -1.78. The molecule has 0 spiro atoms. The van der Waals surface area contributed by atoms with E-state index in [1.54, 1.807) is 18.2 Å². The average molecular weight is 313 g/mol. The van der Waals surface area contributed by atoms with Crippen molar-refractivity contribution in [1.82, 2.24) is 0 Å². The molecule has 2 aromatic rings. The fourth-order valence-corrected chi connectivity index (χ4v) is 2.10. The van der Waals surface area contributed by atoms with Gasteiger partial charge in [0.2, 0.25) is 5.91 Å². The van der Waals surface area contributed by atoms with Crippen LogP contribution in [0.3, 0.4) is 0 Å². The fourth-order valence-electron chi connectivity index (χ4n) is 1.57. The van der Waals surface area contributed by atoms with Gasteiger partial charge in [-0.25, -0.2) is 4.39 Å². The van der Waals surface area contributed by atoms with Crippen molar-refractivity contribution >= 4 is 40.5 Å². The van der Waals surface area contributed by atoms with Crippen LogP contribution in [0.4, 0.5) is 15.8 Å². The highest BCUT2D eigenvalue weighted by Gasteiger charge is 2.07. The summed E-state index contributed by atoms with van der Waals surface area (Å²) in [4.78, 5) is 11.7. The normalized spacial score (nSPS) is 10.2. The molecule has 0 aliphatic rings. The van der Waals surface area contributed by atoms with E-state index >= 15 is 0 Å². The van der Waals surface area contributed by atoms with E-state index in [0.717, 1.165) is 0 Å². The number of anilines is 2. The van der Waals surface area contributed by atoms with Crippen LogP contribution in [0.15, 0.2) is 42.5 Å². The molecule has 0 fully saturated rings. The third-order valence-corrected chi connectivity index (χ3v) is 3.15. The van der Waals surface area contributed by atoms with E-state index < -0.39 is 0 Å². The minimum atomic E-state index is -0.357. The molecule has 0 atom stereocenters. The van der Waals surface area contributed by atoms with Crippen LogP contribution in [0, 0.1) is 5.82 Å². The monoisotopic (exact) mass is 312 g/mol. The molecule has 104 valence electrons. The number of rotatable bonds is 4. The highest BCUT2D eigenvalue weighted by Crippen LogP contribution is 2.29. The molecule has 0 saturated heterocycles. The van der Waals surface area contributed by atoms with Crippen molar-refractivity contribution in [1.29, 1.82) is 0 Å². The van der Waals surface area contributed by atoms with Crippen LogP contribution in [0.5, 0.6) is 0 Å². The largest absolute Gasteiger partial charge is 0.374 e. The lowest BCUT2D eigenvalue weighted by Crippen LogP contribution is -2.22.